The number of carbonyl (C=O) groups is 1. The van der Waals surface area contributed by atoms with E-state index in [9.17, 15) is 4.79 Å². The van der Waals surface area contributed by atoms with Gasteiger partial charge in [0, 0.05) is 10.9 Å². The lowest BCUT2D eigenvalue weighted by molar-refractivity contribution is -0.139. The molecule has 0 atom stereocenters. The van der Waals surface area contributed by atoms with Crippen molar-refractivity contribution in [3.8, 4) is 11.5 Å². The van der Waals surface area contributed by atoms with E-state index in [1.807, 2.05) is 6.07 Å². The van der Waals surface area contributed by atoms with Gasteiger partial charge < -0.3 is 20.3 Å². The molecule has 0 spiro atoms. The van der Waals surface area contributed by atoms with Gasteiger partial charge in [-0.05, 0) is 17.5 Å². The highest BCUT2D eigenvalue weighted by molar-refractivity contribution is 6.01. The fourth-order valence-electron chi connectivity index (χ4n) is 1.88. The van der Waals surface area contributed by atoms with E-state index in [0.29, 0.717) is 22.4 Å². The molecule has 0 saturated carbocycles. The number of amidine groups is 1. The summed E-state index contributed by atoms with van der Waals surface area (Å²) in [6.07, 6.45) is 0. The number of aliphatic carboxylic acids is 1. The maximum Gasteiger partial charge on any atom is 0.341 e. The molecule has 6 heteroatoms. The Hall–Kier alpha value is -2.76. The van der Waals surface area contributed by atoms with Gasteiger partial charge >= 0.3 is 5.97 Å². The smallest absolute Gasteiger partial charge is 0.341 e. The van der Waals surface area contributed by atoms with Gasteiger partial charge in [-0.25, -0.2) is 4.79 Å². The van der Waals surface area contributed by atoms with Gasteiger partial charge in [0.25, 0.3) is 0 Å². The van der Waals surface area contributed by atoms with Crippen LogP contribution in [0, 0.1) is 5.41 Å². The van der Waals surface area contributed by atoms with Crippen LogP contribution in [0.5, 0.6) is 11.5 Å². The van der Waals surface area contributed by atoms with Crippen LogP contribution in [-0.2, 0) is 4.79 Å². The van der Waals surface area contributed by atoms with E-state index < -0.39 is 12.6 Å². The average molecular weight is 274 g/mol. The van der Waals surface area contributed by atoms with Gasteiger partial charge in [0.2, 0.25) is 0 Å². The Bertz CT molecular complexity index is 682. The average Bonchev–Trinajstić information content (AvgIpc) is 2.43. The number of ether oxygens (including phenoxy) is 2. The summed E-state index contributed by atoms with van der Waals surface area (Å²) in [6, 6.07) is 8.72. The van der Waals surface area contributed by atoms with Gasteiger partial charge in [0.05, 0.1) is 7.11 Å². The van der Waals surface area contributed by atoms with Crippen molar-refractivity contribution >= 4 is 22.6 Å². The number of hydrogen-bond acceptors (Lipinski definition) is 4. The molecule has 20 heavy (non-hydrogen) atoms. The molecule has 0 bridgehead atoms. The van der Waals surface area contributed by atoms with E-state index in [-0.39, 0.29) is 5.84 Å². The third kappa shape index (κ3) is 2.64. The first kappa shape index (κ1) is 13.7. The summed E-state index contributed by atoms with van der Waals surface area (Å²) >= 11 is 0. The number of nitrogens with two attached hydrogens (primary N) is 1. The molecule has 0 unspecified atom stereocenters. The van der Waals surface area contributed by atoms with Crippen LogP contribution < -0.4 is 15.2 Å². The van der Waals surface area contributed by atoms with Crippen molar-refractivity contribution in [1.82, 2.24) is 0 Å². The molecule has 2 rings (SSSR count). The van der Waals surface area contributed by atoms with E-state index in [1.165, 1.54) is 7.11 Å². The minimum Gasteiger partial charge on any atom is -0.493 e. The molecule has 0 aliphatic rings. The molecule has 0 aliphatic carbocycles. The van der Waals surface area contributed by atoms with Gasteiger partial charge in [-0.3, -0.25) is 5.41 Å². The number of fused-ring (bicyclic) bond motifs is 1. The number of hydrogen-bond donors (Lipinski definition) is 3. The fraction of sp³-hybridized carbons (Fsp3) is 0.143. The lowest BCUT2D eigenvalue weighted by Gasteiger charge is -2.13. The van der Waals surface area contributed by atoms with Crippen LogP contribution in [0.3, 0.4) is 0 Å². The van der Waals surface area contributed by atoms with Crippen LogP contribution >= 0.6 is 0 Å². The van der Waals surface area contributed by atoms with Crippen LogP contribution in [0.4, 0.5) is 0 Å². The molecule has 2 aromatic rings. The molecule has 0 saturated heterocycles. The van der Waals surface area contributed by atoms with Crippen molar-refractivity contribution in [3.63, 3.8) is 0 Å². The van der Waals surface area contributed by atoms with Crippen molar-refractivity contribution in [2.75, 3.05) is 13.7 Å². The van der Waals surface area contributed by atoms with Gasteiger partial charge in [-0.2, -0.15) is 0 Å². The number of carboxylic acid groups (broad SMARTS) is 1. The Balaban J connectivity index is 2.61. The van der Waals surface area contributed by atoms with Crippen molar-refractivity contribution < 1.29 is 19.4 Å². The molecular weight excluding hydrogens is 260 g/mol. The topological polar surface area (TPSA) is 106 Å². The number of methoxy groups -OCH3 is 1. The summed E-state index contributed by atoms with van der Waals surface area (Å²) in [4.78, 5) is 10.7. The second-order valence-electron chi connectivity index (χ2n) is 4.13. The second kappa shape index (κ2) is 5.48. The van der Waals surface area contributed by atoms with Gasteiger partial charge in [-0.15, -0.1) is 0 Å². The number of nitrogen functional groups attached to an aromatic ring is 1. The van der Waals surface area contributed by atoms with E-state index in [1.54, 1.807) is 24.3 Å². The summed E-state index contributed by atoms with van der Waals surface area (Å²) in [5.74, 6) is -0.388. The maximum absolute atomic E-state index is 10.7. The highest BCUT2D eigenvalue weighted by Crippen LogP contribution is 2.36. The minimum absolute atomic E-state index is 0.0705. The summed E-state index contributed by atoms with van der Waals surface area (Å²) in [5.41, 5.74) is 6.00. The third-order valence-corrected chi connectivity index (χ3v) is 2.81. The van der Waals surface area contributed by atoms with E-state index in [0.717, 1.165) is 5.39 Å². The number of carboxylic acids is 1. The Morgan fingerprint density at radius 3 is 2.65 bits per heavy atom. The lowest BCUT2D eigenvalue weighted by Crippen LogP contribution is -2.12. The molecule has 4 N–H and O–H groups in total. The molecule has 0 amide bonds. The van der Waals surface area contributed by atoms with Crippen LogP contribution in [0.25, 0.3) is 10.8 Å². The number of nitrogens with one attached hydrogen (secondary N) is 1. The lowest BCUT2D eigenvalue weighted by atomic mass is 10.0. The number of rotatable bonds is 5. The summed E-state index contributed by atoms with van der Waals surface area (Å²) in [6.45, 7) is -0.472. The summed E-state index contributed by atoms with van der Waals surface area (Å²) in [7, 11) is 1.48. The Kier molecular flexibility index (Phi) is 3.74. The summed E-state index contributed by atoms with van der Waals surface area (Å²) < 4.78 is 10.5. The van der Waals surface area contributed by atoms with E-state index in [2.05, 4.69) is 0 Å². The standard InChI is InChI=1S/C14H14N2O4/c1-19-11-5-4-8-2-3-9(14(15)16)6-10(8)13(11)20-7-12(17)18/h2-6H,7H2,1H3,(H3,15,16)(H,17,18). The van der Waals surface area contributed by atoms with Crippen LogP contribution in [0.2, 0.25) is 0 Å². The SMILES string of the molecule is COc1ccc2ccc(C(=N)N)cc2c1OCC(=O)O. The van der Waals surface area contributed by atoms with Gasteiger partial charge in [0.1, 0.15) is 5.84 Å². The third-order valence-electron chi connectivity index (χ3n) is 2.81. The normalized spacial score (nSPS) is 10.2. The zero-order chi connectivity index (χ0) is 14.7. The largest absolute Gasteiger partial charge is 0.493 e. The highest BCUT2D eigenvalue weighted by atomic mass is 16.5. The van der Waals surface area contributed by atoms with Crippen molar-refractivity contribution in [2.45, 2.75) is 0 Å². The second-order valence-corrected chi connectivity index (χ2v) is 4.13. The molecule has 0 aromatic heterocycles. The molecule has 104 valence electrons. The quantitative estimate of drug-likeness (QED) is 0.567. The van der Waals surface area contributed by atoms with Crippen LogP contribution in [0.1, 0.15) is 5.56 Å². The van der Waals surface area contributed by atoms with Crippen molar-refractivity contribution in [3.05, 3.63) is 35.9 Å². The van der Waals surface area contributed by atoms with E-state index >= 15 is 0 Å². The first-order chi connectivity index (χ1) is 9.52. The van der Waals surface area contributed by atoms with E-state index in [4.69, 9.17) is 25.7 Å². The molecule has 6 nitrogen and oxygen atoms in total. The van der Waals surface area contributed by atoms with Crippen LogP contribution in [-0.4, -0.2) is 30.6 Å². The predicted molar refractivity (Wildman–Crippen MR) is 74.6 cm³/mol. The predicted octanol–water partition coefficient (Wildman–Crippen LogP) is 1.60. The van der Waals surface area contributed by atoms with Crippen molar-refractivity contribution in [2.24, 2.45) is 5.73 Å². The summed E-state index contributed by atoms with van der Waals surface area (Å²) in [5, 5.41) is 17.7. The molecule has 2 aromatic carbocycles. The Morgan fingerprint density at radius 2 is 2.05 bits per heavy atom. The zero-order valence-electron chi connectivity index (χ0n) is 10.8. The maximum atomic E-state index is 10.7. The highest BCUT2D eigenvalue weighted by Gasteiger charge is 2.12. The molecule has 0 heterocycles. The zero-order valence-corrected chi connectivity index (χ0v) is 10.8. The molecule has 0 aliphatic heterocycles. The first-order valence-corrected chi connectivity index (χ1v) is 5.82. The molecule has 0 fully saturated rings. The van der Waals surface area contributed by atoms with Crippen LogP contribution in [0.15, 0.2) is 30.3 Å². The monoisotopic (exact) mass is 274 g/mol. The van der Waals surface area contributed by atoms with Gasteiger partial charge in [-0.1, -0.05) is 18.2 Å². The Morgan fingerprint density at radius 1 is 1.35 bits per heavy atom. The fourth-order valence-corrected chi connectivity index (χ4v) is 1.88. The molecule has 0 radical (unpaired) electrons. The van der Waals surface area contributed by atoms with Crippen molar-refractivity contribution in [1.29, 1.82) is 5.41 Å². The minimum atomic E-state index is -1.08. The van der Waals surface area contributed by atoms with Gasteiger partial charge in [0.15, 0.2) is 18.1 Å². The first-order valence-electron chi connectivity index (χ1n) is 5.82. The Labute approximate surface area is 115 Å². The molecular formula is C14H14N2O4. The number of benzene rings is 2.